The fourth-order valence-corrected chi connectivity index (χ4v) is 3.00. The van der Waals surface area contributed by atoms with Crippen molar-refractivity contribution in [3.63, 3.8) is 0 Å². The van der Waals surface area contributed by atoms with Gasteiger partial charge >= 0.3 is 5.97 Å². The van der Waals surface area contributed by atoms with Gasteiger partial charge in [0.25, 0.3) is 0 Å². The smallest absolute Gasteiger partial charge is 0.323 e. The maximum atomic E-state index is 12.7. The molecule has 0 saturated heterocycles. The molecule has 3 rings (SSSR count). The van der Waals surface area contributed by atoms with Crippen LogP contribution in [0.5, 0.6) is 0 Å². The maximum Gasteiger partial charge on any atom is 0.323 e. The van der Waals surface area contributed by atoms with Gasteiger partial charge in [-0.25, -0.2) is 0 Å². The van der Waals surface area contributed by atoms with E-state index in [0.29, 0.717) is 12.1 Å². The quantitative estimate of drug-likeness (QED) is 0.433. The summed E-state index contributed by atoms with van der Waals surface area (Å²) in [5.74, 6) is -0.541. The normalized spacial score (nSPS) is 11.2. The molecule has 0 saturated carbocycles. The van der Waals surface area contributed by atoms with Gasteiger partial charge in [0.15, 0.2) is 5.78 Å². The number of ether oxygens (including phenoxy) is 1. The van der Waals surface area contributed by atoms with Crippen molar-refractivity contribution in [3.05, 3.63) is 96.1 Å². The van der Waals surface area contributed by atoms with Crippen molar-refractivity contribution in [2.45, 2.75) is 19.0 Å². The van der Waals surface area contributed by atoms with Crippen LogP contribution in [0.25, 0.3) is 11.1 Å². The van der Waals surface area contributed by atoms with E-state index in [-0.39, 0.29) is 24.6 Å². The molecule has 0 aliphatic rings. The number of carbonyl (C=O) groups excluding carboxylic acids is 2. The molecule has 3 aromatic rings. The second-order valence-corrected chi connectivity index (χ2v) is 6.51. The highest BCUT2D eigenvalue weighted by Crippen LogP contribution is 2.20. The van der Waals surface area contributed by atoms with Crippen molar-refractivity contribution >= 4 is 24.2 Å². The molecule has 1 N–H and O–H groups in total. The molecular weight excluding hydrogens is 386 g/mol. The van der Waals surface area contributed by atoms with Crippen molar-refractivity contribution in [2.24, 2.45) is 0 Å². The van der Waals surface area contributed by atoms with Crippen molar-refractivity contribution < 1.29 is 14.3 Å². The summed E-state index contributed by atoms with van der Waals surface area (Å²) in [5.41, 5.74) is 3.76. The summed E-state index contributed by atoms with van der Waals surface area (Å²) >= 11 is 0. The van der Waals surface area contributed by atoms with E-state index in [1.165, 1.54) is 7.11 Å². The summed E-state index contributed by atoms with van der Waals surface area (Å²) in [7, 11) is 1.33. The second-order valence-electron chi connectivity index (χ2n) is 6.51. The van der Waals surface area contributed by atoms with Crippen molar-refractivity contribution in [2.75, 3.05) is 7.11 Å². The number of ketones is 1. The zero-order chi connectivity index (χ0) is 19.8. The van der Waals surface area contributed by atoms with Gasteiger partial charge in [-0.05, 0) is 16.7 Å². The fourth-order valence-electron chi connectivity index (χ4n) is 3.00. The molecule has 0 heterocycles. The Bertz CT molecular complexity index is 912. The monoisotopic (exact) mass is 409 g/mol. The van der Waals surface area contributed by atoms with E-state index in [2.05, 4.69) is 5.32 Å². The molecule has 0 aromatic heterocycles. The molecule has 0 amide bonds. The van der Waals surface area contributed by atoms with E-state index >= 15 is 0 Å². The number of Topliss-reactive ketones (excluding diaryl/α,β-unsaturated/α-hetero) is 1. The highest BCUT2D eigenvalue weighted by atomic mass is 35.5. The molecule has 29 heavy (non-hydrogen) atoms. The number of carbonyl (C=O) groups is 2. The predicted molar refractivity (Wildman–Crippen MR) is 117 cm³/mol. The van der Waals surface area contributed by atoms with E-state index in [0.717, 1.165) is 16.7 Å². The highest BCUT2D eigenvalue weighted by molar-refractivity contribution is 5.99. The Kier molecular flexibility index (Phi) is 8.59. The van der Waals surface area contributed by atoms with Crippen LogP contribution < -0.4 is 5.32 Å². The summed E-state index contributed by atoms with van der Waals surface area (Å²) in [6.07, 6.45) is 0.0458. The van der Waals surface area contributed by atoms with Crippen LogP contribution >= 0.6 is 12.4 Å². The van der Waals surface area contributed by atoms with Crippen LogP contribution in [0.2, 0.25) is 0 Å². The minimum Gasteiger partial charge on any atom is -0.468 e. The van der Waals surface area contributed by atoms with Crippen molar-refractivity contribution in [1.82, 2.24) is 5.32 Å². The summed E-state index contributed by atoms with van der Waals surface area (Å²) in [5, 5.41) is 3.13. The Morgan fingerprint density at radius 1 is 0.828 bits per heavy atom. The lowest BCUT2D eigenvalue weighted by Gasteiger charge is -2.16. The first kappa shape index (κ1) is 22.3. The number of benzene rings is 3. The third-order valence-corrected chi connectivity index (χ3v) is 4.58. The van der Waals surface area contributed by atoms with Crippen LogP contribution in [0.3, 0.4) is 0 Å². The molecule has 0 fully saturated rings. The average Bonchev–Trinajstić information content (AvgIpc) is 2.77. The molecule has 1 unspecified atom stereocenters. The Labute approximate surface area is 177 Å². The Morgan fingerprint density at radius 3 is 1.97 bits per heavy atom. The van der Waals surface area contributed by atoms with Crippen LogP contribution in [0.1, 0.15) is 22.3 Å². The summed E-state index contributed by atoms with van der Waals surface area (Å²) in [6.45, 7) is 0.487. The van der Waals surface area contributed by atoms with E-state index in [9.17, 15) is 9.59 Å². The predicted octanol–water partition coefficient (Wildman–Crippen LogP) is 4.68. The van der Waals surface area contributed by atoms with E-state index in [1.54, 1.807) is 12.1 Å². The zero-order valence-corrected chi connectivity index (χ0v) is 17.0. The lowest BCUT2D eigenvalue weighted by atomic mass is 9.99. The zero-order valence-electron chi connectivity index (χ0n) is 16.2. The molecule has 150 valence electrons. The number of esters is 1. The standard InChI is InChI=1S/C24H23NO3.ClH/c1-28-24(27)22(25-17-18-8-4-2-5-9-18)16-23(26)21-14-12-20(13-15-21)19-10-6-3-7-11-19;/h2-15,22,25H,16-17H2,1H3;1H. The topological polar surface area (TPSA) is 55.4 Å². The first-order valence-electron chi connectivity index (χ1n) is 9.21. The number of nitrogens with one attached hydrogen (secondary N) is 1. The van der Waals surface area contributed by atoms with Gasteiger partial charge in [0.05, 0.1) is 7.11 Å². The van der Waals surface area contributed by atoms with Crippen LogP contribution in [0.15, 0.2) is 84.9 Å². The molecule has 4 nitrogen and oxygen atoms in total. The van der Waals surface area contributed by atoms with Crippen molar-refractivity contribution in [3.8, 4) is 11.1 Å². The molecule has 0 aliphatic heterocycles. The van der Waals surface area contributed by atoms with E-state index < -0.39 is 12.0 Å². The Hall–Kier alpha value is -2.95. The molecular formula is C24H24ClNO3. The average molecular weight is 410 g/mol. The van der Waals surface area contributed by atoms with Crippen LogP contribution in [0.4, 0.5) is 0 Å². The maximum absolute atomic E-state index is 12.7. The minimum absolute atomic E-state index is 0. The number of rotatable bonds is 8. The van der Waals surface area contributed by atoms with Gasteiger partial charge in [-0.2, -0.15) is 0 Å². The number of hydrogen-bond acceptors (Lipinski definition) is 4. The molecule has 0 aliphatic carbocycles. The fraction of sp³-hybridized carbons (Fsp3) is 0.167. The van der Waals surface area contributed by atoms with Crippen LogP contribution in [0, 0.1) is 0 Å². The first-order chi connectivity index (χ1) is 13.7. The largest absolute Gasteiger partial charge is 0.468 e. The van der Waals surface area contributed by atoms with Gasteiger partial charge in [-0.15, -0.1) is 12.4 Å². The lowest BCUT2D eigenvalue weighted by Crippen LogP contribution is -2.39. The molecule has 0 spiro atoms. The van der Waals surface area contributed by atoms with Crippen LogP contribution in [-0.2, 0) is 16.1 Å². The second kappa shape index (κ2) is 11.1. The number of halogens is 1. The van der Waals surface area contributed by atoms with Crippen LogP contribution in [-0.4, -0.2) is 24.9 Å². The summed E-state index contributed by atoms with van der Waals surface area (Å²) < 4.78 is 4.86. The van der Waals surface area contributed by atoms with E-state index in [1.807, 2.05) is 72.8 Å². The number of hydrogen-bond donors (Lipinski definition) is 1. The van der Waals surface area contributed by atoms with Gasteiger partial charge in [-0.3, -0.25) is 14.9 Å². The SMILES string of the molecule is COC(=O)C(CC(=O)c1ccc(-c2ccccc2)cc1)NCc1ccccc1.Cl. The van der Waals surface area contributed by atoms with Gasteiger partial charge in [0.1, 0.15) is 6.04 Å². The third kappa shape index (κ3) is 6.28. The Morgan fingerprint density at radius 2 is 1.38 bits per heavy atom. The minimum atomic E-state index is -0.688. The number of methoxy groups -OCH3 is 1. The summed E-state index contributed by atoms with van der Waals surface area (Å²) in [6, 6.07) is 26.5. The third-order valence-electron chi connectivity index (χ3n) is 4.58. The van der Waals surface area contributed by atoms with Gasteiger partial charge < -0.3 is 4.74 Å². The van der Waals surface area contributed by atoms with Gasteiger partial charge in [-0.1, -0.05) is 84.9 Å². The first-order valence-corrected chi connectivity index (χ1v) is 9.21. The molecule has 1 atom stereocenters. The van der Waals surface area contributed by atoms with E-state index in [4.69, 9.17) is 4.74 Å². The summed E-state index contributed by atoms with van der Waals surface area (Å²) in [4.78, 5) is 24.8. The highest BCUT2D eigenvalue weighted by Gasteiger charge is 2.23. The lowest BCUT2D eigenvalue weighted by molar-refractivity contribution is -0.143. The molecule has 0 bridgehead atoms. The molecule has 3 aromatic carbocycles. The van der Waals surface area contributed by atoms with Crippen molar-refractivity contribution in [1.29, 1.82) is 0 Å². The van der Waals surface area contributed by atoms with Gasteiger partial charge in [0.2, 0.25) is 0 Å². The molecule has 5 heteroatoms. The Balaban J connectivity index is 0.00000300. The van der Waals surface area contributed by atoms with Gasteiger partial charge in [0, 0.05) is 18.5 Å². The molecule has 0 radical (unpaired) electrons.